The van der Waals surface area contributed by atoms with E-state index in [4.69, 9.17) is 9.93 Å². The molecule has 0 bridgehead atoms. The third kappa shape index (κ3) is 41.0. The molecule has 0 radical (unpaired) electrons. The molecule has 22 aliphatic carbocycles. The van der Waals surface area contributed by atoms with Gasteiger partial charge in [0.15, 0.2) is 0 Å². The van der Waals surface area contributed by atoms with Crippen molar-refractivity contribution in [3.63, 3.8) is 0 Å². The molecule has 4 atom stereocenters. The van der Waals surface area contributed by atoms with Crippen LogP contribution in [0.25, 0.3) is 0 Å². The van der Waals surface area contributed by atoms with Gasteiger partial charge in [0.1, 0.15) is 0 Å². The van der Waals surface area contributed by atoms with E-state index in [1.165, 1.54) is 424 Å². The third-order valence-electron chi connectivity index (χ3n) is 43.5. The summed E-state index contributed by atoms with van der Waals surface area (Å²) in [7, 11) is 0. The van der Waals surface area contributed by atoms with E-state index in [1.807, 2.05) is 0 Å². The van der Waals surface area contributed by atoms with Crippen LogP contribution >= 0.6 is 0 Å². The van der Waals surface area contributed by atoms with Crippen LogP contribution in [0.3, 0.4) is 0 Å². The SMILES string of the molecule is C1CCC(C2CCCC3(CCCCC3)C2)CC1.C1CCC(C2CCCCC2)CC1.C1CCC2(CC1)CCC1(CCCCC1)CC2.C1CCCCC1.C1CCCCC1.C1CCCCC1.C1CCCCC1.C1CCCCC1.C1CCCCC1.C1CCCCC1.CC1CCC2(CC1)CCC1(CCC3(CCC4(CC[C@H](C)C(C5CCCCC5)C4)CC3)CC1)C(C1CCCCC1)C2.O.O.O=O. The highest BCUT2D eigenvalue weighted by Crippen LogP contribution is 2.69. The van der Waals surface area contributed by atoms with Gasteiger partial charge in [0.2, 0.25) is 0 Å². The Labute approximate surface area is 820 Å². The summed E-state index contributed by atoms with van der Waals surface area (Å²) >= 11 is 0. The summed E-state index contributed by atoms with van der Waals surface area (Å²) in [4.78, 5) is 14.0. The minimum atomic E-state index is 0. The topological polar surface area (TPSA) is 97.1 Å². The van der Waals surface area contributed by atoms with Crippen molar-refractivity contribution in [3.05, 3.63) is 9.93 Å². The first-order chi connectivity index (χ1) is 63.6. The first kappa shape index (κ1) is 114. The second kappa shape index (κ2) is 66.4. The summed E-state index contributed by atoms with van der Waals surface area (Å²) < 4.78 is 0. The van der Waals surface area contributed by atoms with Crippen molar-refractivity contribution >= 4 is 0 Å². The molecule has 0 saturated heterocycles. The van der Waals surface area contributed by atoms with E-state index < -0.39 is 0 Å². The van der Waals surface area contributed by atoms with Gasteiger partial charge in [0.05, 0.1) is 0 Å². The lowest BCUT2D eigenvalue weighted by atomic mass is 9.44. The van der Waals surface area contributed by atoms with E-state index in [0.29, 0.717) is 0 Å². The summed E-state index contributed by atoms with van der Waals surface area (Å²) in [5, 5.41) is 0. The molecular weight excluding hydrogens is 1590 g/mol. The molecule has 22 aliphatic rings. The van der Waals surface area contributed by atoms with E-state index >= 15 is 0 Å². The predicted molar refractivity (Wildman–Crippen MR) is 576 cm³/mol. The van der Waals surface area contributed by atoms with Gasteiger partial charge in [-0.15, -0.1) is 0 Å². The van der Waals surface area contributed by atoms with Gasteiger partial charge < -0.3 is 11.0 Å². The van der Waals surface area contributed by atoms with Crippen LogP contribution in [0.15, 0.2) is 0 Å². The van der Waals surface area contributed by atoms with Crippen molar-refractivity contribution in [3.8, 4) is 0 Å². The Balaban J connectivity index is 0.000000178. The van der Waals surface area contributed by atoms with Gasteiger partial charge in [-0.2, -0.15) is 0 Å². The number of hydrogen-bond donors (Lipinski definition) is 0. The van der Waals surface area contributed by atoms with E-state index in [2.05, 4.69) is 13.8 Å². The van der Waals surface area contributed by atoms with Crippen molar-refractivity contribution in [2.24, 2.45) is 97.1 Å². The maximum atomic E-state index is 7.00. The lowest BCUT2D eigenvalue weighted by Gasteiger charge is -2.61. The molecule has 131 heavy (non-hydrogen) atoms. The monoisotopic (exact) mass is 1830 g/mol. The highest BCUT2D eigenvalue weighted by atomic mass is 16.7. The van der Waals surface area contributed by atoms with E-state index in [9.17, 15) is 0 Å². The normalized spacial score (nSPS) is 34.1. The molecule has 768 valence electrons. The molecule has 0 aromatic carbocycles. The van der Waals surface area contributed by atoms with Crippen LogP contribution in [-0.2, 0) is 0 Å². The molecule has 7 spiro atoms. The van der Waals surface area contributed by atoms with Crippen LogP contribution < -0.4 is 0 Å². The first-order valence-corrected chi connectivity index (χ1v) is 62.8. The second-order valence-electron chi connectivity index (χ2n) is 52.6. The summed E-state index contributed by atoms with van der Waals surface area (Å²) in [5.74, 6) is 10.9. The van der Waals surface area contributed by atoms with Crippen molar-refractivity contribution < 1.29 is 11.0 Å². The van der Waals surface area contributed by atoms with Crippen LogP contribution in [0, 0.1) is 107 Å². The van der Waals surface area contributed by atoms with Crippen molar-refractivity contribution in [2.45, 2.75) is 707 Å². The Morgan fingerprint density at radius 3 is 0.641 bits per heavy atom. The Morgan fingerprint density at radius 1 is 0.145 bits per heavy atom. The Morgan fingerprint density at radius 2 is 0.336 bits per heavy atom. The summed E-state index contributed by atoms with van der Waals surface area (Å²) in [6.45, 7) is 5.18. The lowest BCUT2D eigenvalue weighted by molar-refractivity contribution is -0.102. The van der Waals surface area contributed by atoms with Gasteiger partial charge in [-0.1, -0.05) is 528 Å². The molecule has 4 heteroatoms. The van der Waals surface area contributed by atoms with Crippen LogP contribution in [0.5, 0.6) is 0 Å². The zero-order valence-corrected chi connectivity index (χ0v) is 89.5. The van der Waals surface area contributed by atoms with E-state index in [0.717, 1.165) is 97.1 Å². The highest BCUT2D eigenvalue weighted by Gasteiger charge is 2.57. The van der Waals surface area contributed by atoms with Crippen molar-refractivity contribution in [1.82, 2.24) is 0 Å². The van der Waals surface area contributed by atoms with Crippen LogP contribution in [0.1, 0.15) is 707 Å². The molecule has 4 N–H and O–H groups in total. The maximum Gasteiger partial charge on any atom is 0 e. The standard InChI is InChI=1S/C40H68.C17H30.C16H28.C12H22.7C6H12.O2.2H2O/c1-31-13-16-38(17-14-31)25-28-40(36(30-38)34-11-7-4-8-12-34)26-23-37(24-27-40)19-21-39(22-20-37)18-15-32(2)35(29-39)33-9-5-3-6-10-33;1-3-8-15(9-4-1)16-10-7-13-17(14-16)11-5-2-6-12-17;1-3-7-15(8-4-1)11-13-16(14-12-15)9-5-2-6-10-16;1-3-7-11(8-4-1)12-9-5-2-6-10-12;7*1-2-4-6-5-3-1;1-2;;/h31-36H,3-30H2,1-2H3;15-16H,1-14H2;1-14H2;11-12H,1-10H2;7*1-6H2;;2*1H2/t31?,32-,35?,36?,37?,38?,39?,40?;;;;;;;;;;;;;/m0............./s1. The van der Waals surface area contributed by atoms with Gasteiger partial charge in [-0.05, 0) is 277 Å². The Bertz CT molecular complexity index is 2370. The Hall–Kier alpha value is -0.480. The van der Waals surface area contributed by atoms with Gasteiger partial charge >= 0.3 is 0 Å². The van der Waals surface area contributed by atoms with E-state index in [1.54, 1.807) is 270 Å². The molecule has 3 unspecified atom stereocenters. The molecule has 0 aromatic rings. The quantitative estimate of drug-likeness (QED) is 0.280. The largest absolute Gasteiger partial charge is 0.412 e. The molecule has 0 aliphatic heterocycles. The number of hydrogen-bond acceptors (Lipinski definition) is 2. The predicted octanol–water partition coefficient (Wildman–Crippen LogP) is 42.8. The second-order valence-corrected chi connectivity index (χ2v) is 52.6. The summed E-state index contributed by atoms with van der Waals surface area (Å²) in [6.07, 6.45) is 166. The van der Waals surface area contributed by atoms with Gasteiger partial charge in [-0.3, -0.25) is 0 Å². The molecule has 22 rings (SSSR count). The average Bonchev–Trinajstić information content (AvgIpc) is 0.732. The average molecular weight is 1830 g/mol. The van der Waals surface area contributed by atoms with Crippen molar-refractivity contribution in [1.29, 1.82) is 0 Å². The first-order valence-electron chi connectivity index (χ1n) is 62.8. The molecule has 0 heterocycles. The molecular formula is C127H236O4. The fourth-order valence-corrected chi connectivity index (χ4v) is 34.2. The maximum absolute atomic E-state index is 7.00. The van der Waals surface area contributed by atoms with Crippen LogP contribution in [0.4, 0.5) is 0 Å². The van der Waals surface area contributed by atoms with Gasteiger partial charge in [-0.25, -0.2) is 0 Å². The zero-order valence-electron chi connectivity index (χ0n) is 89.5. The Kier molecular flexibility index (Phi) is 57.8. The summed E-state index contributed by atoms with van der Waals surface area (Å²) in [6, 6.07) is 0. The minimum absolute atomic E-state index is 0. The highest BCUT2D eigenvalue weighted by molar-refractivity contribution is 5.08. The minimum Gasteiger partial charge on any atom is -0.412 e. The molecule has 0 aromatic heterocycles. The smallest absolute Gasteiger partial charge is 0 e. The molecule has 22 fully saturated rings. The van der Waals surface area contributed by atoms with Crippen molar-refractivity contribution in [2.75, 3.05) is 0 Å². The zero-order chi connectivity index (χ0) is 89.6. The fraction of sp³-hybridized carbons (Fsp3) is 1.00. The lowest BCUT2D eigenvalue weighted by Crippen LogP contribution is -2.50. The van der Waals surface area contributed by atoms with Gasteiger partial charge in [0.25, 0.3) is 0 Å². The van der Waals surface area contributed by atoms with Gasteiger partial charge in [0, 0.05) is 9.93 Å². The third-order valence-corrected chi connectivity index (χ3v) is 43.5. The number of rotatable bonds is 4. The van der Waals surface area contributed by atoms with Crippen LogP contribution in [-0.4, -0.2) is 11.0 Å². The fourth-order valence-electron chi connectivity index (χ4n) is 34.2. The van der Waals surface area contributed by atoms with Crippen LogP contribution in [0.2, 0.25) is 0 Å². The summed E-state index contributed by atoms with van der Waals surface area (Å²) in [5.41, 5.74) is 5.53. The molecule has 22 saturated carbocycles. The molecule has 4 nitrogen and oxygen atoms in total. The molecule has 0 amide bonds. The van der Waals surface area contributed by atoms with E-state index in [-0.39, 0.29) is 11.0 Å².